The molecule has 5 rings (SSSR count). The van der Waals surface area contributed by atoms with Crippen LogP contribution in [0.5, 0.6) is 0 Å². The van der Waals surface area contributed by atoms with E-state index in [1.165, 1.54) is 21.8 Å². The van der Waals surface area contributed by atoms with Crippen molar-refractivity contribution in [3.63, 3.8) is 0 Å². The van der Waals surface area contributed by atoms with E-state index >= 15 is 0 Å². The molecule has 124 valence electrons. The number of anilines is 2. The van der Waals surface area contributed by atoms with Gasteiger partial charge in [-0.05, 0) is 36.4 Å². The molecular weight excluding hydrogens is 316 g/mol. The molecule has 0 radical (unpaired) electrons. The molecule has 4 aromatic carbocycles. The fourth-order valence-corrected chi connectivity index (χ4v) is 3.64. The molecule has 0 aliphatic rings. The summed E-state index contributed by atoms with van der Waals surface area (Å²) in [5.74, 6) is 0. The van der Waals surface area contributed by atoms with Gasteiger partial charge in [-0.3, -0.25) is 0 Å². The van der Waals surface area contributed by atoms with Gasteiger partial charge in [-0.2, -0.15) is 0 Å². The maximum absolute atomic E-state index is 2.31. The Morgan fingerprint density at radius 2 is 0.808 bits per heavy atom. The predicted octanol–water partition coefficient (Wildman–Crippen LogP) is 6.40. The van der Waals surface area contributed by atoms with E-state index in [1.54, 1.807) is 0 Å². The van der Waals surface area contributed by atoms with Crippen LogP contribution in [0.15, 0.2) is 109 Å². The molecule has 0 fully saturated rings. The molecule has 0 aliphatic carbocycles. The van der Waals surface area contributed by atoms with E-state index in [-0.39, 0.29) is 0 Å². The van der Waals surface area contributed by atoms with Crippen molar-refractivity contribution in [1.82, 2.24) is 4.68 Å². The second-order valence-electron chi connectivity index (χ2n) is 6.33. The highest BCUT2D eigenvalue weighted by molar-refractivity contribution is 6.08. The van der Waals surface area contributed by atoms with Crippen molar-refractivity contribution in [3.05, 3.63) is 109 Å². The van der Waals surface area contributed by atoms with Crippen LogP contribution in [0.1, 0.15) is 0 Å². The average Bonchev–Trinajstić information content (AvgIpc) is 3.05. The summed E-state index contributed by atoms with van der Waals surface area (Å²) in [6.45, 7) is 0. The zero-order valence-electron chi connectivity index (χ0n) is 14.3. The Balaban J connectivity index is 1.90. The van der Waals surface area contributed by atoms with E-state index in [4.69, 9.17) is 0 Å². The zero-order valence-corrected chi connectivity index (χ0v) is 14.3. The fourth-order valence-electron chi connectivity index (χ4n) is 3.64. The second-order valence-corrected chi connectivity index (χ2v) is 6.33. The summed E-state index contributed by atoms with van der Waals surface area (Å²) in [7, 11) is 0. The molecule has 1 aromatic heterocycles. The SMILES string of the molecule is c1ccc(N(c2ccccc2)n2c3ccccc3c3ccccc32)cc1. The van der Waals surface area contributed by atoms with Gasteiger partial charge in [-0.15, -0.1) is 0 Å². The highest BCUT2D eigenvalue weighted by Crippen LogP contribution is 2.35. The summed E-state index contributed by atoms with van der Waals surface area (Å²) >= 11 is 0. The van der Waals surface area contributed by atoms with Gasteiger partial charge in [0.1, 0.15) is 0 Å². The molecule has 2 nitrogen and oxygen atoms in total. The Bertz CT molecular complexity index is 1080. The summed E-state index contributed by atoms with van der Waals surface area (Å²) in [4.78, 5) is 0. The molecule has 0 amide bonds. The third kappa shape index (κ3) is 2.27. The predicted molar refractivity (Wildman–Crippen MR) is 110 cm³/mol. The van der Waals surface area contributed by atoms with Gasteiger partial charge in [0.15, 0.2) is 0 Å². The Kier molecular flexibility index (Phi) is 3.46. The van der Waals surface area contributed by atoms with Crippen LogP contribution in [0, 0.1) is 0 Å². The number of fused-ring (bicyclic) bond motifs is 3. The highest BCUT2D eigenvalue weighted by Gasteiger charge is 2.18. The summed E-state index contributed by atoms with van der Waals surface area (Å²) in [6.07, 6.45) is 0. The number of hydrogen-bond donors (Lipinski definition) is 0. The Labute approximate surface area is 152 Å². The molecule has 0 aliphatic heterocycles. The zero-order chi connectivity index (χ0) is 17.3. The normalized spacial score (nSPS) is 11.1. The van der Waals surface area contributed by atoms with Crippen LogP contribution in [0.3, 0.4) is 0 Å². The van der Waals surface area contributed by atoms with Gasteiger partial charge in [0.2, 0.25) is 0 Å². The Hall–Kier alpha value is -3.52. The minimum Gasteiger partial charge on any atom is -0.249 e. The molecule has 1 heterocycles. The van der Waals surface area contributed by atoms with E-state index in [2.05, 4.69) is 119 Å². The van der Waals surface area contributed by atoms with Gasteiger partial charge < -0.3 is 0 Å². The second kappa shape index (κ2) is 6.08. The van der Waals surface area contributed by atoms with E-state index in [9.17, 15) is 0 Å². The van der Waals surface area contributed by atoms with Gasteiger partial charge in [0, 0.05) is 10.8 Å². The lowest BCUT2D eigenvalue weighted by Crippen LogP contribution is -2.23. The average molecular weight is 334 g/mol. The van der Waals surface area contributed by atoms with Crippen molar-refractivity contribution in [3.8, 4) is 0 Å². The van der Waals surface area contributed by atoms with Gasteiger partial charge in [0.25, 0.3) is 0 Å². The van der Waals surface area contributed by atoms with Crippen LogP contribution in [0.4, 0.5) is 11.4 Å². The van der Waals surface area contributed by atoms with Crippen LogP contribution in [-0.4, -0.2) is 4.68 Å². The van der Waals surface area contributed by atoms with Crippen molar-refractivity contribution >= 4 is 33.2 Å². The van der Waals surface area contributed by atoms with Gasteiger partial charge >= 0.3 is 0 Å². The van der Waals surface area contributed by atoms with Crippen molar-refractivity contribution in [2.45, 2.75) is 0 Å². The number of benzene rings is 4. The summed E-state index contributed by atoms with van der Waals surface area (Å²) < 4.78 is 2.31. The monoisotopic (exact) mass is 334 g/mol. The maximum Gasteiger partial charge on any atom is 0.0716 e. The third-order valence-electron chi connectivity index (χ3n) is 4.76. The van der Waals surface area contributed by atoms with Crippen LogP contribution in [0.2, 0.25) is 0 Å². The number of aromatic nitrogens is 1. The molecule has 5 aromatic rings. The van der Waals surface area contributed by atoms with E-state index in [0.717, 1.165) is 11.4 Å². The quantitative estimate of drug-likeness (QED) is 0.371. The number of hydrogen-bond acceptors (Lipinski definition) is 1. The van der Waals surface area contributed by atoms with Crippen molar-refractivity contribution in [2.24, 2.45) is 0 Å². The number of nitrogens with zero attached hydrogens (tertiary/aromatic N) is 2. The molecule has 0 spiro atoms. The first-order valence-electron chi connectivity index (χ1n) is 8.82. The molecule has 26 heavy (non-hydrogen) atoms. The first kappa shape index (κ1) is 14.8. The van der Waals surface area contributed by atoms with Gasteiger partial charge in [-0.1, -0.05) is 72.8 Å². The molecule has 2 heteroatoms. The Morgan fingerprint density at radius 3 is 1.27 bits per heavy atom. The smallest absolute Gasteiger partial charge is 0.0716 e. The van der Waals surface area contributed by atoms with E-state index in [0.29, 0.717) is 0 Å². The number of rotatable bonds is 3. The lowest BCUT2D eigenvalue weighted by atomic mass is 10.2. The molecule has 0 saturated heterocycles. The summed E-state index contributed by atoms with van der Waals surface area (Å²) in [5, 5.41) is 4.81. The summed E-state index contributed by atoms with van der Waals surface area (Å²) in [5.41, 5.74) is 4.65. The molecule has 0 bridgehead atoms. The fraction of sp³-hybridized carbons (Fsp3) is 0. The van der Waals surface area contributed by atoms with Gasteiger partial charge in [-0.25, -0.2) is 9.69 Å². The first-order valence-corrected chi connectivity index (χ1v) is 8.82. The van der Waals surface area contributed by atoms with Crippen molar-refractivity contribution in [1.29, 1.82) is 0 Å². The molecule has 0 saturated carbocycles. The largest absolute Gasteiger partial charge is 0.249 e. The van der Waals surface area contributed by atoms with Crippen molar-refractivity contribution < 1.29 is 0 Å². The van der Waals surface area contributed by atoms with Gasteiger partial charge in [0.05, 0.1) is 22.4 Å². The first-order chi connectivity index (χ1) is 12.9. The topological polar surface area (TPSA) is 8.17 Å². The Morgan fingerprint density at radius 1 is 0.423 bits per heavy atom. The minimum atomic E-state index is 1.13. The lowest BCUT2D eigenvalue weighted by molar-refractivity contribution is 0.886. The highest BCUT2D eigenvalue weighted by atomic mass is 15.6. The molecule has 0 N–H and O–H groups in total. The third-order valence-corrected chi connectivity index (χ3v) is 4.76. The van der Waals surface area contributed by atoms with Crippen LogP contribution < -0.4 is 5.01 Å². The number of para-hydroxylation sites is 4. The standard InChI is InChI=1S/C24H18N2/c1-3-11-19(12-4-1)25(20-13-5-2-6-14-20)26-23-17-9-7-15-21(23)22-16-8-10-18-24(22)26/h1-18H. The van der Waals surface area contributed by atoms with Crippen LogP contribution in [-0.2, 0) is 0 Å². The molecule has 0 unspecified atom stereocenters. The maximum atomic E-state index is 2.31. The molecular formula is C24H18N2. The summed E-state index contributed by atoms with van der Waals surface area (Å²) in [6, 6.07) is 38.2. The minimum absolute atomic E-state index is 1.13. The van der Waals surface area contributed by atoms with Crippen molar-refractivity contribution in [2.75, 3.05) is 5.01 Å². The molecule has 0 atom stereocenters. The van der Waals surface area contributed by atoms with Crippen LogP contribution in [0.25, 0.3) is 21.8 Å². The lowest BCUT2D eigenvalue weighted by Gasteiger charge is -2.28. The van der Waals surface area contributed by atoms with E-state index < -0.39 is 0 Å². The van der Waals surface area contributed by atoms with E-state index in [1.807, 2.05) is 0 Å². The van der Waals surface area contributed by atoms with Crippen LogP contribution >= 0.6 is 0 Å².